The summed E-state index contributed by atoms with van der Waals surface area (Å²) in [7, 11) is -3.61. The highest BCUT2D eigenvalue weighted by atomic mass is 32.2. The Morgan fingerprint density at radius 3 is 2.65 bits per heavy atom. The van der Waals surface area contributed by atoms with Crippen molar-refractivity contribution in [3.8, 4) is 0 Å². The number of fused-ring (bicyclic) bond motifs is 1. The molecule has 0 spiro atoms. The van der Waals surface area contributed by atoms with Gasteiger partial charge < -0.3 is 9.97 Å². The van der Waals surface area contributed by atoms with Crippen LogP contribution in [0.25, 0.3) is 11.0 Å². The van der Waals surface area contributed by atoms with Gasteiger partial charge in [-0.05, 0) is 42.5 Å². The lowest BCUT2D eigenvalue weighted by Crippen LogP contribution is -2.31. The number of aromatic nitrogens is 2. The van der Waals surface area contributed by atoms with Crippen LogP contribution in [0, 0.1) is 0 Å². The second-order valence-corrected chi connectivity index (χ2v) is 8.58. The maximum absolute atomic E-state index is 12.5. The van der Waals surface area contributed by atoms with Crippen LogP contribution in [0.2, 0.25) is 0 Å². The molecule has 3 aromatic rings. The Morgan fingerprint density at radius 2 is 1.96 bits per heavy atom. The van der Waals surface area contributed by atoms with Crippen LogP contribution in [-0.2, 0) is 15.4 Å². The van der Waals surface area contributed by atoms with Crippen molar-refractivity contribution >= 4 is 32.4 Å². The molecule has 1 aliphatic carbocycles. The van der Waals surface area contributed by atoms with Crippen molar-refractivity contribution in [2.45, 2.75) is 23.2 Å². The first kappa shape index (κ1) is 14.7. The van der Waals surface area contributed by atoms with Gasteiger partial charge in [-0.3, -0.25) is 0 Å². The third kappa shape index (κ3) is 2.62. The van der Waals surface area contributed by atoms with Crippen molar-refractivity contribution in [3.05, 3.63) is 51.1 Å². The molecule has 23 heavy (non-hydrogen) atoms. The van der Waals surface area contributed by atoms with E-state index in [0.717, 1.165) is 12.8 Å². The van der Waals surface area contributed by atoms with Crippen LogP contribution in [0.1, 0.15) is 17.7 Å². The van der Waals surface area contributed by atoms with E-state index in [2.05, 4.69) is 20.8 Å². The molecule has 0 bridgehead atoms. The average molecular weight is 349 g/mol. The molecule has 1 aromatic carbocycles. The molecule has 0 saturated heterocycles. The standard InChI is InChI=1S/C15H15N3O3S2/c19-14-17-11-4-3-10(8-12(11)18-14)23(20,21)16-9-15(5-6-15)13-2-1-7-22-13/h1-4,7-8,16H,5-6,9H2,(H2,17,18,19). The predicted octanol–water partition coefficient (Wildman–Crippen LogP) is 1.93. The molecule has 0 unspecified atom stereocenters. The Bertz CT molecular complexity index is 1010. The molecule has 8 heteroatoms. The molecule has 1 aliphatic rings. The third-order valence-electron chi connectivity index (χ3n) is 4.30. The fourth-order valence-corrected chi connectivity index (χ4v) is 4.88. The molecule has 120 valence electrons. The number of H-pyrrole nitrogens is 2. The highest BCUT2D eigenvalue weighted by molar-refractivity contribution is 7.89. The topological polar surface area (TPSA) is 94.8 Å². The maximum Gasteiger partial charge on any atom is 0.323 e. The summed E-state index contributed by atoms with van der Waals surface area (Å²) in [6.45, 7) is 0.400. The van der Waals surface area contributed by atoms with Gasteiger partial charge >= 0.3 is 5.69 Å². The summed E-state index contributed by atoms with van der Waals surface area (Å²) in [4.78, 5) is 17.8. The van der Waals surface area contributed by atoms with Crippen molar-refractivity contribution in [3.63, 3.8) is 0 Å². The first-order valence-corrected chi connectivity index (χ1v) is 9.61. The van der Waals surface area contributed by atoms with Crippen LogP contribution >= 0.6 is 11.3 Å². The maximum atomic E-state index is 12.5. The normalized spacial score (nSPS) is 16.7. The molecular weight excluding hydrogens is 334 g/mol. The van der Waals surface area contributed by atoms with E-state index >= 15 is 0 Å². The number of benzene rings is 1. The fourth-order valence-electron chi connectivity index (χ4n) is 2.74. The smallest absolute Gasteiger partial charge is 0.306 e. The SMILES string of the molecule is O=c1[nH]c2ccc(S(=O)(=O)NCC3(c4cccs4)CC3)cc2[nH]1. The second-order valence-electron chi connectivity index (χ2n) is 5.87. The van der Waals surface area contributed by atoms with Crippen molar-refractivity contribution in [2.75, 3.05) is 6.54 Å². The highest BCUT2D eigenvalue weighted by Crippen LogP contribution is 2.49. The quantitative estimate of drug-likeness (QED) is 0.657. The minimum atomic E-state index is -3.61. The molecule has 1 saturated carbocycles. The summed E-state index contributed by atoms with van der Waals surface area (Å²) < 4.78 is 27.7. The first-order chi connectivity index (χ1) is 11.0. The summed E-state index contributed by atoms with van der Waals surface area (Å²) in [5, 5.41) is 2.01. The van der Waals surface area contributed by atoms with Crippen LogP contribution in [0.15, 0.2) is 45.4 Å². The van der Waals surface area contributed by atoms with Gasteiger partial charge in [0.2, 0.25) is 10.0 Å². The molecule has 4 rings (SSSR count). The van der Waals surface area contributed by atoms with Crippen LogP contribution in [0.3, 0.4) is 0 Å². The molecule has 0 amide bonds. The number of rotatable bonds is 5. The second kappa shape index (κ2) is 5.05. The molecule has 2 aromatic heterocycles. The Hall–Kier alpha value is -1.90. The number of sulfonamides is 1. The van der Waals surface area contributed by atoms with Crippen LogP contribution in [0.4, 0.5) is 0 Å². The van der Waals surface area contributed by atoms with Gasteiger partial charge in [0.15, 0.2) is 0 Å². The number of thiophene rings is 1. The lowest BCUT2D eigenvalue weighted by atomic mass is 10.1. The Morgan fingerprint density at radius 1 is 1.17 bits per heavy atom. The summed E-state index contributed by atoms with van der Waals surface area (Å²) in [6.07, 6.45) is 2.00. The van der Waals surface area contributed by atoms with E-state index < -0.39 is 10.0 Å². The lowest BCUT2D eigenvalue weighted by molar-refractivity contribution is 0.569. The third-order valence-corrected chi connectivity index (χ3v) is 6.81. The summed E-state index contributed by atoms with van der Waals surface area (Å²) in [5.74, 6) is 0. The highest BCUT2D eigenvalue weighted by Gasteiger charge is 2.45. The average Bonchev–Trinajstić information content (AvgIpc) is 2.95. The van der Waals surface area contributed by atoms with Crippen molar-refractivity contribution in [2.24, 2.45) is 0 Å². The van der Waals surface area contributed by atoms with E-state index in [9.17, 15) is 13.2 Å². The van der Waals surface area contributed by atoms with Gasteiger partial charge in [-0.15, -0.1) is 11.3 Å². The van der Waals surface area contributed by atoms with Gasteiger partial charge in [0, 0.05) is 16.8 Å². The van der Waals surface area contributed by atoms with E-state index in [-0.39, 0.29) is 16.0 Å². The van der Waals surface area contributed by atoms with Gasteiger partial charge in [0.25, 0.3) is 0 Å². The number of aromatic amines is 2. The number of hydrogen-bond acceptors (Lipinski definition) is 4. The zero-order valence-electron chi connectivity index (χ0n) is 12.1. The molecule has 3 N–H and O–H groups in total. The van der Waals surface area contributed by atoms with Crippen LogP contribution in [0.5, 0.6) is 0 Å². The van der Waals surface area contributed by atoms with Gasteiger partial charge in [0.1, 0.15) is 0 Å². The Balaban J connectivity index is 1.58. The Labute approximate surface area is 136 Å². The molecule has 6 nitrogen and oxygen atoms in total. The molecule has 0 radical (unpaired) electrons. The van der Waals surface area contributed by atoms with Gasteiger partial charge in [-0.2, -0.15) is 0 Å². The van der Waals surface area contributed by atoms with Crippen LogP contribution in [-0.4, -0.2) is 24.9 Å². The van der Waals surface area contributed by atoms with Gasteiger partial charge in [0.05, 0.1) is 15.9 Å². The van der Waals surface area contributed by atoms with Crippen molar-refractivity contribution < 1.29 is 8.42 Å². The number of imidazole rings is 1. The van der Waals surface area contributed by atoms with E-state index in [1.165, 1.54) is 17.0 Å². The Kier molecular flexibility index (Phi) is 3.22. The molecular formula is C15H15N3O3S2. The minimum Gasteiger partial charge on any atom is -0.306 e. The molecule has 0 atom stereocenters. The van der Waals surface area contributed by atoms with Crippen LogP contribution < -0.4 is 10.4 Å². The lowest BCUT2D eigenvalue weighted by Gasteiger charge is -2.14. The molecule has 0 aliphatic heterocycles. The van der Waals surface area contributed by atoms with E-state index in [0.29, 0.717) is 17.6 Å². The fraction of sp³-hybridized carbons (Fsp3) is 0.267. The molecule has 1 fully saturated rings. The largest absolute Gasteiger partial charge is 0.323 e. The van der Waals surface area contributed by atoms with Gasteiger partial charge in [-0.25, -0.2) is 17.9 Å². The predicted molar refractivity (Wildman–Crippen MR) is 89.3 cm³/mol. The summed E-state index contributed by atoms with van der Waals surface area (Å²) >= 11 is 1.66. The monoisotopic (exact) mass is 349 g/mol. The minimum absolute atomic E-state index is 0.0479. The number of hydrogen-bond donors (Lipinski definition) is 3. The van der Waals surface area contributed by atoms with Gasteiger partial charge in [-0.1, -0.05) is 6.07 Å². The molecule has 2 heterocycles. The van der Waals surface area contributed by atoms with Crippen molar-refractivity contribution in [1.29, 1.82) is 0 Å². The number of nitrogens with one attached hydrogen (secondary N) is 3. The van der Waals surface area contributed by atoms with Crippen molar-refractivity contribution in [1.82, 2.24) is 14.7 Å². The van der Waals surface area contributed by atoms with E-state index in [4.69, 9.17) is 0 Å². The zero-order chi connectivity index (χ0) is 16.1. The summed E-state index contributed by atoms with van der Waals surface area (Å²) in [5.41, 5.74) is 0.675. The van der Waals surface area contributed by atoms with E-state index in [1.54, 1.807) is 17.4 Å². The first-order valence-electron chi connectivity index (χ1n) is 7.24. The summed E-state index contributed by atoms with van der Waals surface area (Å²) in [6, 6.07) is 8.61. The zero-order valence-corrected chi connectivity index (χ0v) is 13.8. The van der Waals surface area contributed by atoms with E-state index in [1.807, 2.05) is 11.4 Å².